The molecule has 0 atom stereocenters. The number of allylic oxidation sites excluding steroid dienone is 5. The maximum Gasteiger partial charge on any atom is 0.0923 e. The lowest BCUT2D eigenvalue weighted by molar-refractivity contribution is 0.196. The molecule has 1 aromatic rings. The van der Waals surface area contributed by atoms with Gasteiger partial charge in [-0.25, -0.2) is 4.99 Å². The SMILES string of the molecule is C=C(CCCCCCNC(=C)/C(C=Nc1ccccc1Cl)=C/N=CNC1=CCCC=C1)NO. The van der Waals surface area contributed by atoms with Crippen molar-refractivity contribution in [3.05, 3.63) is 89.5 Å². The van der Waals surface area contributed by atoms with Crippen LogP contribution in [0, 0.1) is 0 Å². The van der Waals surface area contributed by atoms with Crippen molar-refractivity contribution in [2.45, 2.75) is 44.9 Å². The topological polar surface area (TPSA) is 81.0 Å². The molecule has 6 nitrogen and oxygen atoms in total. The molecule has 0 spiro atoms. The Bertz CT molecular complexity index is 930. The van der Waals surface area contributed by atoms with E-state index in [4.69, 9.17) is 16.8 Å². The number of rotatable bonds is 15. The maximum atomic E-state index is 8.75. The molecule has 176 valence electrons. The zero-order valence-electron chi connectivity index (χ0n) is 19.1. The van der Waals surface area contributed by atoms with Gasteiger partial charge in [0.1, 0.15) is 0 Å². The van der Waals surface area contributed by atoms with Gasteiger partial charge in [-0.05, 0) is 50.3 Å². The van der Waals surface area contributed by atoms with Gasteiger partial charge in [-0.2, -0.15) is 0 Å². The van der Waals surface area contributed by atoms with Crippen LogP contribution in [-0.4, -0.2) is 24.3 Å². The molecule has 7 heteroatoms. The summed E-state index contributed by atoms with van der Waals surface area (Å²) in [6, 6.07) is 7.44. The molecule has 0 saturated carbocycles. The summed E-state index contributed by atoms with van der Waals surface area (Å²) < 4.78 is 0. The molecule has 0 aliphatic heterocycles. The molecule has 33 heavy (non-hydrogen) atoms. The number of para-hydroxylation sites is 1. The van der Waals surface area contributed by atoms with Gasteiger partial charge >= 0.3 is 0 Å². The van der Waals surface area contributed by atoms with E-state index < -0.39 is 0 Å². The van der Waals surface area contributed by atoms with E-state index in [1.54, 1.807) is 18.8 Å². The fourth-order valence-electron chi connectivity index (χ4n) is 3.05. The largest absolute Gasteiger partial charge is 0.385 e. The van der Waals surface area contributed by atoms with Crippen molar-refractivity contribution in [1.82, 2.24) is 16.1 Å². The van der Waals surface area contributed by atoms with Crippen molar-refractivity contribution in [3.8, 4) is 0 Å². The summed E-state index contributed by atoms with van der Waals surface area (Å²) >= 11 is 6.23. The van der Waals surface area contributed by atoms with Crippen molar-refractivity contribution in [2.75, 3.05) is 6.54 Å². The van der Waals surface area contributed by atoms with Gasteiger partial charge in [0.2, 0.25) is 0 Å². The van der Waals surface area contributed by atoms with Crippen LogP contribution in [0.25, 0.3) is 0 Å². The highest BCUT2D eigenvalue weighted by atomic mass is 35.5. The summed E-state index contributed by atoms with van der Waals surface area (Å²) in [5.41, 5.74) is 6.00. The van der Waals surface area contributed by atoms with Crippen molar-refractivity contribution >= 4 is 29.8 Å². The van der Waals surface area contributed by atoms with E-state index in [-0.39, 0.29) is 0 Å². The Labute approximate surface area is 202 Å². The molecule has 0 saturated heterocycles. The van der Waals surface area contributed by atoms with Crippen LogP contribution in [-0.2, 0) is 0 Å². The second kappa shape index (κ2) is 15.7. The number of hydroxylamine groups is 1. The van der Waals surface area contributed by atoms with Gasteiger partial charge in [0.05, 0.1) is 17.0 Å². The third kappa shape index (κ3) is 10.9. The highest BCUT2D eigenvalue weighted by Gasteiger charge is 2.02. The van der Waals surface area contributed by atoms with Crippen LogP contribution < -0.4 is 16.1 Å². The van der Waals surface area contributed by atoms with E-state index in [1.807, 2.05) is 24.3 Å². The first-order chi connectivity index (χ1) is 16.1. The summed E-state index contributed by atoms with van der Waals surface area (Å²) in [7, 11) is 0. The molecule has 0 aromatic heterocycles. The predicted molar refractivity (Wildman–Crippen MR) is 140 cm³/mol. The third-order valence-corrected chi connectivity index (χ3v) is 5.28. The minimum atomic E-state index is 0.590. The predicted octanol–water partition coefficient (Wildman–Crippen LogP) is 6.32. The molecule has 1 aromatic carbocycles. The summed E-state index contributed by atoms with van der Waals surface area (Å²) in [6.07, 6.45) is 18.5. The molecule has 1 aliphatic rings. The Morgan fingerprint density at radius 2 is 1.94 bits per heavy atom. The first-order valence-corrected chi connectivity index (χ1v) is 11.6. The van der Waals surface area contributed by atoms with Gasteiger partial charge in [-0.15, -0.1) is 0 Å². The second-order valence-corrected chi connectivity index (χ2v) is 8.05. The van der Waals surface area contributed by atoms with Crippen LogP contribution in [0.2, 0.25) is 5.02 Å². The van der Waals surface area contributed by atoms with Gasteiger partial charge in [0, 0.05) is 41.6 Å². The summed E-state index contributed by atoms with van der Waals surface area (Å²) in [4.78, 5) is 8.89. The van der Waals surface area contributed by atoms with Crippen LogP contribution in [0.15, 0.2) is 94.5 Å². The van der Waals surface area contributed by atoms with Gasteiger partial charge < -0.3 is 10.6 Å². The third-order valence-electron chi connectivity index (χ3n) is 4.96. The monoisotopic (exact) mass is 467 g/mol. The molecule has 0 bridgehead atoms. The zero-order valence-corrected chi connectivity index (χ0v) is 19.8. The standard InChI is InChI=1S/C26H34ClN5O/c1-21(32-33)12-6-3-4-11-17-29-22(2)23(19-30-26-16-10-9-15-25(26)27)18-28-20-31-24-13-7-5-8-14-24/h7,9-10,13-16,18-20,29,32-33H,1-6,8,11-12,17H2,(H,28,31)/b23-18+,30-19?. The summed E-state index contributed by atoms with van der Waals surface area (Å²) in [6.45, 7) is 8.68. The average molecular weight is 468 g/mol. The molecule has 1 aliphatic carbocycles. The second-order valence-electron chi connectivity index (χ2n) is 7.64. The Hall–Kier alpha value is -3.09. The van der Waals surface area contributed by atoms with Gasteiger partial charge in [0.25, 0.3) is 0 Å². The summed E-state index contributed by atoms with van der Waals surface area (Å²) in [5.74, 6) is 0. The average Bonchev–Trinajstić information content (AvgIpc) is 2.84. The van der Waals surface area contributed by atoms with Crippen LogP contribution in [0.1, 0.15) is 44.9 Å². The fraction of sp³-hybridized carbons (Fsp3) is 0.308. The smallest absolute Gasteiger partial charge is 0.0923 e. The van der Waals surface area contributed by atoms with Crippen molar-refractivity contribution in [2.24, 2.45) is 9.98 Å². The lowest BCUT2D eigenvalue weighted by Crippen LogP contribution is -2.16. The van der Waals surface area contributed by atoms with Crippen LogP contribution in [0.5, 0.6) is 0 Å². The lowest BCUT2D eigenvalue weighted by Gasteiger charge is -2.10. The van der Waals surface area contributed by atoms with Crippen LogP contribution in [0.4, 0.5) is 5.69 Å². The molecule has 2 rings (SSSR count). The first kappa shape index (κ1) is 26.2. The molecular formula is C26H34ClN5O. The number of nitrogens with one attached hydrogen (secondary N) is 3. The van der Waals surface area contributed by atoms with E-state index in [2.05, 4.69) is 57.5 Å². The van der Waals surface area contributed by atoms with E-state index in [1.165, 1.54) is 0 Å². The minimum Gasteiger partial charge on any atom is -0.385 e. The van der Waals surface area contributed by atoms with E-state index in [0.717, 1.165) is 68.5 Å². The highest BCUT2D eigenvalue weighted by Crippen LogP contribution is 2.23. The van der Waals surface area contributed by atoms with Crippen LogP contribution in [0.3, 0.4) is 0 Å². The van der Waals surface area contributed by atoms with Gasteiger partial charge in [-0.3, -0.25) is 15.7 Å². The van der Waals surface area contributed by atoms with Gasteiger partial charge in [0.15, 0.2) is 0 Å². The maximum absolute atomic E-state index is 8.75. The molecule has 0 fully saturated rings. The van der Waals surface area contributed by atoms with Gasteiger partial charge in [-0.1, -0.05) is 61.9 Å². The Morgan fingerprint density at radius 1 is 1.12 bits per heavy atom. The van der Waals surface area contributed by atoms with Crippen molar-refractivity contribution in [1.29, 1.82) is 0 Å². The fourth-order valence-corrected chi connectivity index (χ4v) is 3.23. The number of nitrogens with zero attached hydrogens (tertiary/aromatic N) is 2. The highest BCUT2D eigenvalue weighted by molar-refractivity contribution is 6.33. The molecule has 0 radical (unpaired) electrons. The number of hydrogen-bond acceptors (Lipinski definition) is 5. The lowest BCUT2D eigenvalue weighted by atomic mass is 10.1. The number of unbranched alkanes of at least 4 members (excludes halogenated alkanes) is 3. The van der Waals surface area contributed by atoms with Crippen molar-refractivity contribution in [3.63, 3.8) is 0 Å². The Kier molecular flexibility index (Phi) is 12.4. The number of benzene rings is 1. The van der Waals surface area contributed by atoms with E-state index in [0.29, 0.717) is 16.4 Å². The zero-order chi connectivity index (χ0) is 23.7. The Balaban J connectivity index is 1.91. The summed E-state index contributed by atoms with van der Waals surface area (Å²) in [5, 5.41) is 15.9. The first-order valence-electron chi connectivity index (χ1n) is 11.2. The molecule has 0 heterocycles. The number of hydrogen-bond donors (Lipinski definition) is 4. The quantitative estimate of drug-likeness (QED) is 0.0799. The van der Waals surface area contributed by atoms with Crippen LogP contribution >= 0.6 is 11.6 Å². The minimum absolute atomic E-state index is 0.590. The van der Waals surface area contributed by atoms with Crippen molar-refractivity contribution < 1.29 is 5.21 Å². The van der Waals surface area contributed by atoms with E-state index >= 15 is 0 Å². The normalized spacial score (nSPS) is 13.9. The molecule has 4 N–H and O–H groups in total. The molecular weight excluding hydrogens is 434 g/mol. The molecule has 0 unspecified atom stereocenters. The van der Waals surface area contributed by atoms with E-state index in [9.17, 15) is 0 Å². The Morgan fingerprint density at radius 3 is 2.70 bits per heavy atom. The molecule has 0 amide bonds. The number of halogens is 1. The number of aliphatic imine (C=N–C) groups is 2.